The van der Waals surface area contributed by atoms with Crippen LogP contribution in [-0.4, -0.2) is 11.9 Å². The molecule has 0 N–H and O–H groups in total. The van der Waals surface area contributed by atoms with Crippen molar-refractivity contribution in [3.63, 3.8) is 0 Å². The minimum Gasteiger partial charge on any atom is -0.352 e. The molecule has 1 heteroatoms. The summed E-state index contributed by atoms with van der Waals surface area (Å²) in [6, 6.07) is 0. The van der Waals surface area contributed by atoms with Gasteiger partial charge in [0.25, 0.3) is 0 Å². The first-order chi connectivity index (χ1) is 6.22. The maximum Gasteiger partial charge on any atom is 0.0324 e. The van der Waals surface area contributed by atoms with E-state index in [1.807, 2.05) is 45.0 Å². The molecule has 0 heterocycles. The van der Waals surface area contributed by atoms with E-state index in [-0.39, 0.29) is 0 Å². The molecule has 0 rings (SSSR count). The molecule has 0 aromatic carbocycles. The third-order valence-corrected chi connectivity index (χ3v) is 1.06. The predicted octanol–water partition coefficient (Wildman–Crippen LogP) is 3.98. The second-order valence-corrected chi connectivity index (χ2v) is 1.79. The molecule has 0 spiro atoms. The molecule has 0 amide bonds. The number of likely N-dealkylation sites (N-methyl/N-ethyl adjacent to an activating group) is 1. The largest absolute Gasteiger partial charge is 0.352 e. The van der Waals surface area contributed by atoms with Gasteiger partial charge in [-0.25, -0.2) is 0 Å². The van der Waals surface area contributed by atoms with Gasteiger partial charge in [0.05, 0.1) is 0 Å². The van der Waals surface area contributed by atoms with Gasteiger partial charge in [-0.3, -0.25) is 0 Å². The molecule has 0 aliphatic rings. The van der Waals surface area contributed by atoms with Gasteiger partial charge < -0.3 is 4.90 Å². The highest BCUT2D eigenvalue weighted by Gasteiger charge is 1.87. The van der Waals surface area contributed by atoms with Crippen molar-refractivity contribution >= 4 is 0 Å². The summed E-state index contributed by atoms with van der Waals surface area (Å²) in [6.45, 7) is 19.3. The zero-order chi connectivity index (χ0) is 11.3. The predicted molar refractivity (Wildman–Crippen MR) is 64.5 cm³/mol. The summed E-state index contributed by atoms with van der Waals surface area (Å²) in [7, 11) is 1.93. The van der Waals surface area contributed by atoms with Gasteiger partial charge in [0.1, 0.15) is 0 Å². The standard InChI is InChI=1S/C8H13N.C2H6.C2H4/c1-5-7-9(4)8(3)6-2;2*1-2/h5-7H,2-3H2,1,4H3;1-2H3;1-2H2/b7-5-;;. The Hall–Kier alpha value is -1.24. The number of nitrogens with zero attached hydrogens (tertiary/aromatic N) is 1. The first-order valence-electron chi connectivity index (χ1n) is 4.39. The molecular weight excluding hydrogens is 158 g/mol. The molecule has 0 unspecified atom stereocenters. The Morgan fingerprint density at radius 1 is 1.23 bits per heavy atom. The summed E-state index contributed by atoms with van der Waals surface area (Å²) in [6.07, 6.45) is 5.61. The molecule has 0 bridgehead atoms. The van der Waals surface area contributed by atoms with Crippen LogP contribution in [0.25, 0.3) is 0 Å². The van der Waals surface area contributed by atoms with Crippen LogP contribution in [0.4, 0.5) is 0 Å². The highest BCUT2D eigenvalue weighted by Crippen LogP contribution is 1.97. The summed E-state index contributed by atoms with van der Waals surface area (Å²) in [5.74, 6) is 0. The average Bonchev–Trinajstić information content (AvgIpc) is 2.23. The summed E-state index contributed by atoms with van der Waals surface area (Å²) >= 11 is 0. The Kier molecular flexibility index (Phi) is 23.2. The lowest BCUT2D eigenvalue weighted by Crippen LogP contribution is -2.05. The minimum atomic E-state index is 0.910. The summed E-state index contributed by atoms with van der Waals surface area (Å²) < 4.78 is 0. The van der Waals surface area contributed by atoms with Crippen molar-refractivity contribution in [3.05, 3.63) is 50.4 Å². The Morgan fingerprint density at radius 2 is 1.62 bits per heavy atom. The van der Waals surface area contributed by atoms with E-state index in [4.69, 9.17) is 0 Å². The lowest BCUT2D eigenvalue weighted by molar-refractivity contribution is 0.591. The number of hydrogen-bond acceptors (Lipinski definition) is 1. The van der Waals surface area contributed by atoms with E-state index in [0.29, 0.717) is 0 Å². The van der Waals surface area contributed by atoms with Gasteiger partial charge in [0, 0.05) is 12.7 Å². The summed E-state index contributed by atoms with van der Waals surface area (Å²) in [4.78, 5) is 1.91. The monoisotopic (exact) mass is 181 g/mol. The molecule has 76 valence electrons. The van der Waals surface area contributed by atoms with E-state index < -0.39 is 0 Å². The van der Waals surface area contributed by atoms with Crippen LogP contribution in [0.2, 0.25) is 0 Å². The second-order valence-electron chi connectivity index (χ2n) is 1.79. The van der Waals surface area contributed by atoms with Crippen molar-refractivity contribution in [3.8, 4) is 0 Å². The average molecular weight is 181 g/mol. The Labute approximate surface area is 83.8 Å². The molecular formula is C12H23N. The molecule has 1 nitrogen and oxygen atoms in total. The number of hydrogen-bond donors (Lipinski definition) is 0. The molecule has 0 aliphatic heterocycles. The lowest BCUT2D eigenvalue weighted by Gasteiger charge is -2.12. The maximum absolute atomic E-state index is 3.75. The van der Waals surface area contributed by atoms with Gasteiger partial charge in [-0.2, -0.15) is 0 Å². The van der Waals surface area contributed by atoms with Crippen molar-refractivity contribution in [1.82, 2.24) is 4.90 Å². The number of allylic oxidation sites excluding steroid dienone is 2. The fraction of sp³-hybridized carbons (Fsp3) is 0.333. The highest BCUT2D eigenvalue weighted by atomic mass is 15.1. The third-order valence-electron chi connectivity index (χ3n) is 1.06. The van der Waals surface area contributed by atoms with Crippen LogP contribution in [0.3, 0.4) is 0 Å². The van der Waals surface area contributed by atoms with Crippen LogP contribution in [0.1, 0.15) is 20.8 Å². The van der Waals surface area contributed by atoms with Gasteiger partial charge in [0.15, 0.2) is 0 Å². The summed E-state index contributed by atoms with van der Waals surface area (Å²) in [5.41, 5.74) is 0.910. The highest BCUT2D eigenvalue weighted by molar-refractivity contribution is 5.11. The molecule has 0 radical (unpaired) electrons. The molecule has 0 aromatic heterocycles. The topological polar surface area (TPSA) is 3.24 Å². The molecule has 0 saturated heterocycles. The second kappa shape index (κ2) is 17.0. The van der Waals surface area contributed by atoms with E-state index in [9.17, 15) is 0 Å². The van der Waals surface area contributed by atoms with Crippen LogP contribution in [-0.2, 0) is 0 Å². The van der Waals surface area contributed by atoms with Crippen LogP contribution in [0, 0.1) is 0 Å². The molecule has 0 atom stereocenters. The SMILES string of the molecule is C=C.C=CC(=C)N(C)/C=C\C.CC. The molecule has 0 aromatic rings. The van der Waals surface area contributed by atoms with Crippen molar-refractivity contribution in [2.24, 2.45) is 0 Å². The van der Waals surface area contributed by atoms with E-state index in [1.54, 1.807) is 6.08 Å². The van der Waals surface area contributed by atoms with Gasteiger partial charge >= 0.3 is 0 Å². The van der Waals surface area contributed by atoms with Crippen LogP contribution in [0.5, 0.6) is 0 Å². The quantitative estimate of drug-likeness (QED) is 0.470. The van der Waals surface area contributed by atoms with Crippen molar-refractivity contribution in [1.29, 1.82) is 0 Å². The molecule has 0 saturated carbocycles. The third kappa shape index (κ3) is 13.7. The van der Waals surface area contributed by atoms with E-state index in [2.05, 4.69) is 26.3 Å². The van der Waals surface area contributed by atoms with E-state index >= 15 is 0 Å². The van der Waals surface area contributed by atoms with Crippen LogP contribution < -0.4 is 0 Å². The smallest absolute Gasteiger partial charge is 0.0324 e. The van der Waals surface area contributed by atoms with Gasteiger partial charge in [-0.1, -0.05) is 33.1 Å². The normalized spacial score (nSPS) is 7.38. The Balaban J connectivity index is -0.000000218. The van der Waals surface area contributed by atoms with Crippen LogP contribution in [0.15, 0.2) is 50.4 Å². The van der Waals surface area contributed by atoms with Crippen molar-refractivity contribution in [2.45, 2.75) is 20.8 Å². The van der Waals surface area contributed by atoms with Crippen molar-refractivity contribution in [2.75, 3.05) is 7.05 Å². The Bertz CT molecular complexity index is 145. The first-order valence-corrected chi connectivity index (χ1v) is 4.39. The Morgan fingerprint density at radius 3 is 1.85 bits per heavy atom. The molecule has 0 aliphatic carbocycles. The maximum atomic E-state index is 3.75. The fourth-order valence-electron chi connectivity index (χ4n) is 0.463. The van der Waals surface area contributed by atoms with E-state index in [1.165, 1.54) is 0 Å². The zero-order valence-corrected chi connectivity index (χ0v) is 9.51. The van der Waals surface area contributed by atoms with Crippen LogP contribution >= 0.6 is 0 Å². The molecule has 0 fully saturated rings. The number of rotatable bonds is 3. The lowest BCUT2D eigenvalue weighted by atomic mass is 10.4. The van der Waals surface area contributed by atoms with Gasteiger partial charge in [0.2, 0.25) is 0 Å². The van der Waals surface area contributed by atoms with Gasteiger partial charge in [-0.05, 0) is 19.2 Å². The minimum absolute atomic E-state index is 0.910. The van der Waals surface area contributed by atoms with Crippen molar-refractivity contribution < 1.29 is 0 Å². The fourth-order valence-corrected chi connectivity index (χ4v) is 0.463. The van der Waals surface area contributed by atoms with E-state index in [0.717, 1.165) is 5.70 Å². The first kappa shape index (κ1) is 17.7. The summed E-state index contributed by atoms with van der Waals surface area (Å²) in [5, 5.41) is 0. The van der Waals surface area contributed by atoms with Gasteiger partial charge in [-0.15, -0.1) is 13.2 Å². The zero-order valence-electron chi connectivity index (χ0n) is 9.51. The molecule has 13 heavy (non-hydrogen) atoms.